The van der Waals surface area contributed by atoms with Crippen molar-refractivity contribution in [1.29, 1.82) is 0 Å². The quantitative estimate of drug-likeness (QED) is 0.462. The van der Waals surface area contributed by atoms with Gasteiger partial charge in [0.25, 0.3) is 0 Å². The second-order valence-corrected chi connectivity index (χ2v) is 3.80. The van der Waals surface area contributed by atoms with Gasteiger partial charge in [0.05, 0.1) is 6.61 Å². The molecular formula is C13H16O2. The Hall–Kier alpha value is -1.12. The molecule has 0 saturated heterocycles. The summed E-state index contributed by atoms with van der Waals surface area (Å²) in [5, 5.41) is 8.51. The number of aliphatic hydroxyl groups excluding tert-OH is 1. The van der Waals surface area contributed by atoms with E-state index in [9.17, 15) is 0 Å². The van der Waals surface area contributed by atoms with Crippen molar-refractivity contribution in [3.63, 3.8) is 0 Å². The zero-order chi connectivity index (χ0) is 10.5. The molecular weight excluding hydrogens is 188 g/mol. The summed E-state index contributed by atoms with van der Waals surface area (Å²) in [7, 11) is 0. The fourth-order valence-corrected chi connectivity index (χ4v) is 1.96. The highest BCUT2D eigenvalue weighted by atomic mass is 16.6. The molecule has 15 heavy (non-hydrogen) atoms. The molecule has 2 heteroatoms. The van der Waals surface area contributed by atoms with Gasteiger partial charge in [-0.05, 0) is 30.4 Å². The molecule has 1 aromatic rings. The summed E-state index contributed by atoms with van der Waals surface area (Å²) in [6.07, 6.45) is 5.27. The molecule has 0 bridgehead atoms. The van der Waals surface area contributed by atoms with Crippen LogP contribution in [0, 0.1) is 0 Å². The first kappa shape index (κ1) is 10.4. The van der Waals surface area contributed by atoms with E-state index in [1.165, 1.54) is 16.7 Å². The van der Waals surface area contributed by atoms with E-state index in [0.717, 1.165) is 19.3 Å². The summed E-state index contributed by atoms with van der Waals surface area (Å²) in [4.78, 5) is 0. The van der Waals surface area contributed by atoms with Gasteiger partial charge < -0.3 is 9.84 Å². The van der Waals surface area contributed by atoms with Crippen LogP contribution in [0.4, 0.5) is 0 Å². The highest BCUT2D eigenvalue weighted by Crippen LogP contribution is 2.22. The Labute approximate surface area is 90.2 Å². The van der Waals surface area contributed by atoms with Gasteiger partial charge in [0.2, 0.25) is 0 Å². The number of rotatable bonds is 4. The van der Waals surface area contributed by atoms with E-state index in [-0.39, 0.29) is 6.79 Å². The number of hydrogen-bond acceptors (Lipinski definition) is 2. The summed E-state index contributed by atoms with van der Waals surface area (Å²) in [5.74, 6) is 0. The third-order valence-electron chi connectivity index (χ3n) is 2.81. The lowest BCUT2D eigenvalue weighted by atomic mass is 9.90. The van der Waals surface area contributed by atoms with E-state index in [4.69, 9.17) is 9.84 Å². The van der Waals surface area contributed by atoms with Crippen LogP contribution in [0.25, 0.3) is 0 Å². The van der Waals surface area contributed by atoms with Gasteiger partial charge >= 0.3 is 0 Å². The van der Waals surface area contributed by atoms with Crippen LogP contribution in [0.2, 0.25) is 0 Å². The average Bonchev–Trinajstić information content (AvgIpc) is 2.29. The lowest BCUT2D eigenvalue weighted by Gasteiger charge is -2.16. The maximum absolute atomic E-state index is 8.51. The first-order chi connectivity index (χ1) is 7.40. The maximum Gasteiger partial charge on any atom is 0.143 e. The molecule has 0 spiro atoms. The standard InChI is InChI=1S/C13H16O2/c14-10-15-8-7-11-5-6-12-3-1-2-4-13(12)9-11/h1-5,14H,6-10H2. The highest BCUT2D eigenvalue weighted by Gasteiger charge is 2.09. The minimum Gasteiger partial charge on any atom is -0.371 e. The molecule has 0 radical (unpaired) electrons. The fourth-order valence-electron chi connectivity index (χ4n) is 1.96. The van der Waals surface area contributed by atoms with Crippen molar-refractivity contribution in [3.8, 4) is 0 Å². The predicted molar refractivity (Wildman–Crippen MR) is 59.6 cm³/mol. The molecule has 0 aliphatic heterocycles. The number of aliphatic hydroxyl groups is 1. The van der Waals surface area contributed by atoms with E-state index in [1.54, 1.807) is 0 Å². The van der Waals surface area contributed by atoms with Crippen molar-refractivity contribution in [2.45, 2.75) is 19.3 Å². The first-order valence-electron chi connectivity index (χ1n) is 5.33. The molecule has 1 aliphatic carbocycles. The number of ether oxygens (including phenoxy) is 1. The van der Waals surface area contributed by atoms with Crippen LogP contribution in [0.5, 0.6) is 0 Å². The van der Waals surface area contributed by atoms with Crippen LogP contribution in [-0.4, -0.2) is 18.5 Å². The maximum atomic E-state index is 8.51. The van der Waals surface area contributed by atoms with E-state index < -0.39 is 0 Å². The molecule has 0 saturated carbocycles. The van der Waals surface area contributed by atoms with Gasteiger partial charge in [-0.3, -0.25) is 0 Å². The van der Waals surface area contributed by atoms with Gasteiger partial charge in [-0.1, -0.05) is 35.9 Å². The van der Waals surface area contributed by atoms with Crippen molar-refractivity contribution < 1.29 is 9.84 Å². The Kier molecular flexibility index (Phi) is 3.54. The van der Waals surface area contributed by atoms with Crippen LogP contribution >= 0.6 is 0 Å². The smallest absolute Gasteiger partial charge is 0.143 e. The number of allylic oxidation sites excluding steroid dienone is 1. The van der Waals surface area contributed by atoms with Gasteiger partial charge in [0, 0.05) is 0 Å². The number of benzene rings is 1. The molecule has 0 unspecified atom stereocenters. The third kappa shape index (κ3) is 2.67. The Balaban J connectivity index is 1.94. The predicted octanol–water partition coefficient (Wildman–Crippen LogP) is 2.07. The van der Waals surface area contributed by atoms with Crippen LogP contribution in [0.3, 0.4) is 0 Å². The lowest BCUT2D eigenvalue weighted by Crippen LogP contribution is -2.05. The third-order valence-corrected chi connectivity index (χ3v) is 2.81. The van der Waals surface area contributed by atoms with Crippen molar-refractivity contribution >= 4 is 0 Å². The van der Waals surface area contributed by atoms with Crippen molar-refractivity contribution in [2.75, 3.05) is 13.4 Å². The van der Waals surface area contributed by atoms with Crippen LogP contribution in [0.15, 0.2) is 35.9 Å². The molecule has 2 nitrogen and oxygen atoms in total. The van der Waals surface area contributed by atoms with Crippen molar-refractivity contribution in [2.24, 2.45) is 0 Å². The van der Waals surface area contributed by atoms with Gasteiger partial charge in [-0.25, -0.2) is 0 Å². The minimum absolute atomic E-state index is 0.177. The largest absolute Gasteiger partial charge is 0.371 e. The van der Waals surface area contributed by atoms with Gasteiger partial charge in [0.15, 0.2) is 0 Å². The van der Waals surface area contributed by atoms with Gasteiger partial charge in [-0.15, -0.1) is 0 Å². The van der Waals surface area contributed by atoms with Crippen molar-refractivity contribution in [1.82, 2.24) is 0 Å². The van der Waals surface area contributed by atoms with Gasteiger partial charge in [0.1, 0.15) is 6.79 Å². The molecule has 80 valence electrons. The summed E-state index contributed by atoms with van der Waals surface area (Å²) in [6.45, 7) is 0.439. The van der Waals surface area contributed by atoms with E-state index >= 15 is 0 Å². The molecule has 2 rings (SSSR count). The fraction of sp³-hybridized carbons (Fsp3) is 0.385. The number of fused-ring (bicyclic) bond motifs is 1. The van der Waals surface area contributed by atoms with E-state index in [1.807, 2.05) is 0 Å². The molecule has 1 aromatic carbocycles. The number of hydrogen-bond donors (Lipinski definition) is 1. The van der Waals surface area contributed by atoms with Crippen LogP contribution < -0.4 is 0 Å². The average molecular weight is 204 g/mol. The van der Waals surface area contributed by atoms with E-state index in [0.29, 0.717) is 6.61 Å². The SMILES string of the molecule is OCOCCC1=CCc2ccccc2C1. The molecule has 0 amide bonds. The molecule has 1 N–H and O–H groups in total. The van der Waals surface area contributed by atoms with E-state index in [2.05, 4.69) is 30.3 Å². The first-order valence-corrected chi connectivity index (χ1v) is 5.33. The zero-order valence-corrected chi connectivity index (χ0v) is 8.78. The molecule has 0 fully saturated rings. The Morgan fingerprint density at radius 3 is 2.80 bits per heavy atom. The molecule has 0 heterocycles. The second-order valence-electron chi connectivity index (χ2n) is 3.80. The summed E-state index contributed by atoms with van der Waals surface area (Å²) in [6, 6.07) is 8.56. The normalized spacial score (nSPS) is 14.6. The second kappa shape index (κ2) is 5.10. The monoisotopic (exact) mass is 204 g/mol. The minimum atomic E-state index is -0.177. The highest BCUT2D eigenvalue weighted by molar-refractivity contribution is 5.36. The topological polar surface area (TPSA) is 29.5 Å². The van der Waals surface area contributed by atoms with Crippen molar-refractivity contribution in [3.05, 3.63) is 47.0 Å². The Bertz CT molecular complexity index is 355. The molecule has 0 atom stereocenters. The summed E-state index contributed by atoms with van der Waals surface area (Å²) < 4.78 is 4.94. The van der Waals surface area contributed by atoms with Gasteiger partial charge in [-0.2, -0.15) is 0 Å². The lowest BCUT2D eigenvalue weighted by molar-refractivity contribution is 0.000133. The Morgan fingerprint density at radius 2 is 2.00 bits per heavy atom. The summed E-state index contributed by atoms with van der Waals surface area (Å²) in [5.41, 5.74) is 4.28. The Morgan fingerprint density at radius 1 is 1.20 bits per heavy atom. The van der Waals surface area contributed by atoms with Crippen LogP contribution in [-0.2, 0) is 17.6 Å². The molecule has 0 aromatic heterocycles. The summed E-state index contributed by atoms with van der Waals surface area (Å²) >= 11 is 0. The zero-order valence-electron chi connectivity index (χ0n) is 8.78. The molecule has 1 aliphatic rings. The van der Waals surface area contributed by atoms with Crippen LogP contribution in [0.1, 0.15) is 17.5 Å².